The highest BCUT2D eigenvalue weighted by molar-refractivity contribution is 6.00. The normalized spacial score (nSPS) is 13.8. The summed E-state index contributed by atoms with van der Waals surface area (Å²) in [5.41, 5.74) is 3.50. The Hall–Kier alpha value is -3.68. The number of urea groups is 1. The molecule has 0 spiro atoms. The second-order valence-corrected chi connectivity index (χ2v) is 7.33. The van der Waals surface area contributed by atoms with Gasteiger partial charge in [-0.05, 0) is 37.6 Å². The summed E-state index contributed by atoms with van der Waals surface area (Å²) in [5.74, 6) is 1.66. The first-order chi connectivity index (χ1) is 14.6. The minimum atomic E-state index is -0.317. The Labute approximate surface area is 176 Å². The highest BCUT2D eigenvalue weighted by Crippen LogP contribution is 2.18. The van der Waals surface area contributed by atoms with E-state index in [0.717, 1.165) is 48.8 Å². The van der Waals surface area contributed by atoms with Gasteiger partial charge in [0.15, 0.2) is 0 Å². The molecule has 8 nitrogen and oxygen atoms in total. The monoisotopic (exact) mass is 403 g/mol. The fourth-order valence-corrected chi connectivity index (χ4v) is 3.46. The molecule has 8 heteroatoms. The van der Waals surface area contributed by atoms with Crippen LogP contribution in [0.1, 0.15) is 11.1 Å². The average molecular weight is 403 g/mol. The van der Waals surface area contributed by atoms with Crippen LogP contribution in [-0.4, -0.2) is 47.2 Å². The predicted octanol–water partition coefficient (Wildman–Crippen LogP) is 3.46. The van der Waals surface area contributed by atoms with Crippen molar-refractivity contribution in [2.75, 3.05) is 46.6 Å². The molecule has 2 aromatic heterocycles. The molecule has 2 N–H and O–H groups in total. The van der Waals surface area contributed by atoms with Crippen molar-refractivity contribution in [3.8, 4) is 0 Å². The van der Waals surface area contributed by atoms with E-state index in [1.54, 1.807) is 12.4 Å². The molecule has 0 aliphatic carbocycles. The Bertz CT molecular complexity index is 1000. The largest absolute Gasteiger partial charge is 0.353 e. The van der Waals surface area contributed by atoms with E-state index in [2.05, 4.69) is 35.4 Å². The number of carbonyl (C=O) groups is 1. The lowest BCUT2D eigenvalue weighted by atomic mass is 10.1. The second kappa shape index (κ2) is 8.77. The summed E-state index contributed by atoms with van der Waals surface area (Å²) in [6.07, 6.45) is 5.08. The summed E-state index contributed by atoms with van der Waals surface area (Å²) in [6, 6.07) is 11.5. The zero-order valence-corrected chi connectivity index (χ0v) is 17.2. The molecule has 1 aliphatic heterocycles. The molecule has 1 aliphatic rings. The fourth-order valence-electron chi connectivity index (χ4n) is 3.46. The number of nitrogens with zero attached hydrogens (tertiary/aromatic N) is 5. The Morgan fingerprint density at radius 3 is 2.30 bits per heavy atom. The maximum Gasteiger partial charge on any atom is 0.323 e. The lowest BCUT2D eigenvalue weighted by Gasteiger charge is -2.35. The molecule has 0 unspecified atom stereocenters. The number of amides is 2. The number of benzene rings is 1. The van der Waals surface area contributed by atoms with E-state index in [1.807, 2.05) is 56.4 Å². The van der Waals surface area contributed by atoms with Gasteiger partial charge < -0.3 is 20.4 Å². The predicted molar refractivity (Wildman–Crippen MR) is 119 cm³/mol. The van der Waals surface area contributed by atoms with E-state index >= 15 is 0 Å². The molecule has 0 saturated carbocycles. The zero-order valence-electron chi connectivity index (χ0n) is 17.2. The third kappa shape index (κ3) is 4.65. The van der Waals surface area contributed by atoms with Crippen molar-refractivity contribution >= 4 is 29.2 Å². The van der Waals surface area contributed by atoms with E-state index in [-0.39, 0.29) is 6.03 Å². The first-order valence-corrected chi connectivity index (χ1v) is 9.97. The van der Waals surface area contributed by atoms with Gasteiger partial charge in [-0.3, -0.25) is 0 Å². The Balaban J connectivity index is 1.31. The molecule has 0 bridgehead atoms. The molecule has 0 radical (unpaired) electrons. The third-order valence-electron chi connectivity index (χ3n) is 5.06. The molecule has 30 heavy (non-hydrogen) atoms. The number of aromatic nitrogens is 3. The van der Waals surface area contributed by atoms with E-state index < -0.39 is 0 Å². The van der Waals surface area contributed by atoms with Gasteiger partial charge >= 0.3 is 6.03 Å². The number of rotatable bonds is 4. The van der Waals surface area contributed by atoms with Gasteiger partial charge in [-0.2, -0.15) is 0 Å². The number of nitrogens with one attached hydrogen (secondary N) is 2. The van der Waals surface area contributed by atoms with Crippen molar-refractivity contribution < 1.29 is 4.79 Å². The van der Waals surface area contributed by atoms with Gasteiger partial charge in [0.05, 0.1) is 18.1 Å². The number of aryl methyl sites for hydroxylation is 2. The highest BCUT2D eigenvalue weighted by atomic mass is 16.2. The first-order valence-electron chi connectivity index (χ1n) is 9.97. The Kier molecular flexibility index (Phi) is 5.74. The van der Waals surface area contributed by atoms with Crippen molar-refractivity contribution in [1.29, 1.82) is 0 Å². The van der Waals surface area contributed by atoms with Crippen molar-refractivity contribution in [2.45, 2.75) is 13.8 Å². The highest BCUT2D eigenvalue weighted by Gasteiger charge is 2.19. The van der Waals surface area contributed by atoms with E-state index in [4.69, 9.17) is 0 Å². The molecule has 0 atom stereocenters. The van der Waals surface area contributed by atoms with Crippen LogP contribution in [0, 0.1) is 13.8 Å². The van der Waals surface area contributed by atoms with Crippen LogP contribution >= 0.6 is 0 Å². The van der Waals surface area contributed by atoms with Crippen LogP contribution in [0.5, 0.6) is 0 Å². The fraction of sp³-hybridized carbons (Fsp3) is 0.273. The summed E-state index contributed by atoms with van der Waals surface area (Å²) in [4.78, 5) is 29.9. The number of anilines is 4. The lowest BCUT2D eigenvalue weighted by molar-refractivity contribution is 0.262. The summed E-state index contributed by atoms with van der Waals surface area (Å²) < 4.78 is 0. The molecule has 1 aromatic carbocycles. The summed E-state index contributed by atoms with van der Waals surface area (Å²) in [7, 11) is 0. The van der Waals surface area contributed by atoms with Gasteiger partial charge in [0.2, 0.25) is 5.95 Å². The first kappa shape index (κ1) is 19.6. The maximum atomic E-state index is 12.3. The van der Waals surface area contributed by atoms with Gasteiger partial charge in [0, 0.05) is 38.1 Å². The van der Waals surface area contributed by atoms with Gasteiger partial charge in [0.25, 0.3) is 0 Å². The van der Waals surface area contributed by atoms with Crippen LogP contribution in [-0.2, 0) is 0 Å². The number of hydrogen-bond donors (Lipinski definition) is 2. The van der Waals surface area contributed by atoms with Crippen molar-refractivity contribution in [2.24, 2.45) is 0 Å². The summed E-state index contributed by atoms with van der Waals surface area (Å²) in [5, 5.41) is 5.64. The summed E-state index contributed by atoms with van der Waals surface area (Å²) in [6.45, 7) is 7.34. The van der Waals surface area contributed by atoms with Crippen LogP contribution < -0.4 is 20.4 Å². The van der Waals surface area contributed by atoms with Gasteiger partial charge in [0.1, 0.15) is 5.82 Å². The number of pyridine rings is 1. The Morgan fingerprint density at radius 2 is 1.63 bits per heavy atom. The minimum Gasteiger partial charge on any atom is -0.353 e. The third-order valence-corrected chi connectivity index (χ3v) is 5.06. The van der Waals surface area contributed by atoms with E-state index in [0.29, 0.717) is 11.6 Å². The molecule has 154 valence electrons. The molecular formula is C22H25N7O. The van der Waals surface area contributed by atoms with E-state index in [9.17, 15) is 4.79 Å². The molecule has 3 aromatic rings. The number of hydrogen-bond acceptors (Lipinski definition) is 6. The molecule has 1 fully saturated rings. The molecule has 1 saturated heterocycles. The summed E-state index contributed by atoms with van der Waals surface area (Å²) >= 11 is 0. The number of piperazine rings is 1. The number of carbonyl (C=O) groups excluding carboxylic acids is 1. The SMILES string of the molecule is Cc1ccc(NC(=O)Nc2cnc(N3CCN(c4ccccn4)CC3)nc2)c(C)c1. The second-order valence-electron chi connectivity index (χ2n) is 7.33. The quantitative estimate of drug-likeness (QED) is 0.694. The molecule has 4 rings (SSSR count). The van der Waals surface area contributed by atoms with Crippen LogP contribution in [0.25, 0.3) is 0 Å². The minimum absolute atomic E-state index is 0.317. The van der Waals surface area contributed by atoms with Gasteiger partial charge in [-0.1, -0.05) is 23.8 Å². The standard InChI is InChI=1S/C22H25N7O/c1-16-6-7-19(17(2)13-16)27-22(30)26-18-14-24-21(25-15-18)29-11-9-28(10-12-29)20-5-3-4-8-23-20/h3-8,13-15H,9-12H2,1-2H3,(H2,26,27,30). The van der Waals surface area contributed by atoms with Gasteiger partial charge in [-0.15, -0.1) is 0 Å². The Morgan fingerprint density at radius 1 is 0.900 bits per heavy atom. The van der Waals surface area contributed by atoms with E-state index in [1.165, 1.54) is 0 Å². The van der Waals surface area contributed by atoms with Crippen molar-refractivity contribution in [3.05, 3.63) is 66.1 Å². The average Bonchev–Trinajstić information content (AvgIpc) is 2.77. The van der Waals surface area contributed by atoms with Crippen molar-refractivity contribution in [3.63, 3.8) is 0 Å². The van der Waals surface area contributed by atoms with Crippen LogP contribution in [0.4, 0.5) is 27.9 Å². The molecule has 2 amide bonds. The molecule has 3 heterocycles. The maximum absolute atomic E-state index is 12.3. The van der Waals surface area contributed by atoms with Crippen molar-refractivity contribution in [1.82, 2.24) is 15.0 Å². The van der Waals surface area contributed by atoms with Crippen LogP contribution in [0.2, 0.25) is 0 Å². The van der Waals surface area contributed by atoms with Crippen LogP contribution in [0.3, 0.4) is 0 Å². The topological polar surface area (TPSA) is 86.3 Å². The van der Waals surface area contributed by atoms with Gasteiger partial charge in [-0.25, -0.2) is 19.7 Å². The van der Waals surface area contributed by atoms with Crippen LogP contribution in [0.15, 0.2) is 55.0 Å². The lowest BCUT2D eigenvalue weighted by Crippen LogP contribution is -2.47. The molecular weight excluding hydrogens is 378 g/mol. The zero-order chi connectivity index (χ0) is 20.9. The smallest absolute Gasteiger partial charge is 0.323 e.